The number of ether oxygens (including phenoxy) is 1. The molecule has 0 fully saturated rings. The molecule has 0 aliphatic carbocycles. The van der Waals surface area contributed by atoms with E-state index in [1.54, 1.807) is 24.3 Å². The van der Waals surface area contributed by atoms with Crippen LogP contribution in [0.25, 0.3) is 6.08 Å². The first kappa shape index (κ1) is 18.0. The van der Waals surface area contributed by atoms with Gasteiger partial charge in [0, 0.05) is 10.6 Å². The summed E-state index contributed by atoms with van der Waals surface area (Å²) in [6.45, 7) is 2.35. The van der Waals surface area contributed by atoms with Crippen LogP contribution >= 0.6 is 11.6 Å². The summed E-state index contributed by atoms with van der Waals surface area (Å²) >= 11 is 5.87. The highest BCUT2D eigenvalue weighted by Crippen LogP contribution is 2.18. The van der Waals surface area contributed by atoms with Crippen LogP contribution in [0.1, 0.15) is 28.4 Å². The predicted octanol–water partition coefficient (Wildman–Crippen LogP) is 6.21. The van der Waals surface area contributed by atoms with Crippen molar-refractivity contribution >= 4 is 23.5 Å². The van der Waals surface area contributed by atoms with Crippen LogP contribution in [-0.4, -0.2) is 5.78 Å². The first-order valence-corrected chi connectivity index (χ1v) is 8.75. The minimum absolute atomic E-state index is 0.00827. The van der Waals surface area contributed by atoms with Crippen LogP contribution in [0, 0.1) is 0 Å². The van der Waals surface area contributed by atoms with Crippen LogP contribution in [0.4, 0.5) is 0 Å². The molecular formula is C23H19ClO2. The van der Waals surface area contributed by atoms with E-state index in [0.717, 1.165) is 16.9 Å². The monoisotopic (exact) mass is 362 g/mol. The predicted molar refractivity (Wildman–Crippen MR) is 107 cm³/mol. The summed E-state index contributed by atoms with van der Waals surface area (Å²) in [5, 5.41) is 0.620. The van der Waals surface area contributed by atoms with E-state index in [9.17, 15) is 4.79 Å². The zero-order chi connectivity index (χ0) is 18.4. The lowest BCUT2D eigenvalue weighted by Gasteiger charge is -2.07. The fourth-order valence-electron chi connectivity index (χ4n) is 2.55. The smallest absolute Gasteiger partial charge is 0.188 e. The highest BCUT2D eigenvalue weighted by Gasteiger charge is 2.08. The Morgan fingerprint density at radius 2 is 1.58 bits per heavy atom. The van der Waals surface area contributed by atoms with E-state index in [1.807, 2.05) is 67.6 Å². The van der Waals surface area contributed by atoms with E-state index in [2.05, 4.69) is 0 Å². The summed E-state index contributed by atoms with van der Waals surface area (Å²) in [6.07, 6.45) is 1.87. The summed E-state index contributed by atoms with van der Waals surface area (Å²) in [5.41, 5.74) is 3.38. The van der Waals surface area contributed by atoms with Gasteiger partial charge in [-0.25, -0.2) is 0 Å². The van der Waals surface area contributed by atoms with Gasteiger partial charge in [0.1, 0.15) is 12.4 Å². The molecule has 0 saturated heterocycles. The molecule has 0 amide bonds. The van der Waals surface area contributed by atoms with Gasteiger partial charge in [0.25, 0.3) is 0 Å². The van der Waals surface area contributed by atoms with Crippen LogP contribution in [0.15, 0.2) is 84.4 Å². The molecule has 0 radical (unpaired) electrons. The number of hydrogen-bond donors (Lipinski definition) is 0. The van der Waals surface area contributed by atoms with Crippen molar-refractivity contribution in [1.82, 2.24) is 0 Å². The molecule has 0 aliphatic rings. The van der Waals surface area contributed by atoms with Gasteiger partial charge >= 0.3 is 0 Å². The third kappa shape index (κ3) is 4.84. The summed E-state index contributed by atoms with van der Waals surface area (Å²) < 4.78 is 5.78. The molecule has 0 bridgehead atoms. The third-order valence-electron chi connectivity index (χ3n) is 3.98. The van der Waals surface area contributed by atoms with Gasteiger partial charge in [-0.15, -0.1) is 0 Å². The molecule has 26 heavy (non-hydrogen) atoms. The Hall–Kier alpha value is -2.84. The van der Waals surface area contributed by atoms with Crippen molar-refractivity contribution in [3.8, 4) is 5.75 Å². The number of Topliss-reactive ketones (excluding diaryl/α,β-unsaturated/α-hetero) is 1. The second-order valence-electron chi connectivity index (χ2n) is 6.01. The highest BCUT2D eigenvalue weighted by atomic mass is 35.5. The fourth-order valence-corrected chi connectivity index (χ4v) is 2.67. The Bertz CT molecular complexity index is 895. The first-order valence-electron chi connectivity index (χ1n) is 8.37. The molecule has 0 N–H and O–H groups in total. The maximum absolute atomic E-state index is 12.5. The molecule has 0 atom stereocenters. The lowest BCUT2D eigenvalue weighted by molar-refractivity contribution is 0.103. The van der Waals surface area contributed by atoms with Crippen LogP contribution in [0.3, 0.4) is 0 Å². The molecule has 3 rings (SSSR count). The molecule has 0 spiro atoms. The zero-order valence-electron chi connectivity index (χ0n) is 14.5. The molecule has 130 valence electrons. The van der Waals surface area contributed by atoms with E-state index < -0.39 is 0 Å². The van der Waals surface area contributed by atoms with Crippen LogP contribution in [0.2, 0.25) is 5.02 Å². The Kier molecular flexibility index (Phi) is 5.88. The normalized spacial score (nSPS) is 11.2. The zero-order valence-corrected chi connectivity index (χ0v) is 15.2. The number of hydrogen-bond acceptors (Lipinski definition) is 2. The topological polar surface area (TPSA) is 26.3 Å². The second kappa shape index (κ2) is 8.50. The minimum atomic E-state index is -0.00827. The Morgan fingerprint density at radius 1 is 0.923 bits per heavy atom. The highest BCUT2D eigenvalue weighted by molar-refractivity contribution is 6.30. The number of benzene rings is 3. The third-order valence-corrected chi connectivity index (χ3v) is 4.23. The fraction of sp³-hybridized carbons (Fsp3) is 0.0870. The van der Waals surface area contributed by atoms with Crippen molar-refractivity contribution < 1.29 is 9.53 Å². The van der Waals surface area contributed by atoms with Crippen molar-refractivity contribution in [2.24, 2.45) is 0 Å². The molecule has 0 aromatic heterocycles. The van der Waals surface area contributed by atoms with Crippen molar-refractivity contribution in [2.75, 3.05) is 0 Å². The standard InChI is InChI=1S/C23H19ClO2/c1-17(23(25)20-9-11-21(24)12-10-20)15-18-7-13-22(14-8-18)26-16-19-5-3-2-4-6-19/h2-15H,16H2,1H3. The quantitative estimate of drug-likeness (QED) is 0.385. The maximum atomic E-state index is 12.5. The van der Waals surface area contributed by atoms with Gasteiger partial charge in [-0.2, -0.15) is 0 Å². The van der Waals surface area contributed by atoms with Crippen molar-refractivity contribution in [1.29, 1.82) is 0 Å². The molecule has 0 saturated carbocycles. The van der Waals surface area contributed by atoms with E-state index in [-0.39, 0.29) is 5.78 Å². The lowest BCUT2D eigenvalue weighted by Crippen LogP contribution is -2.00. The molecule has 0 unspecified atom stereocenters. The van der Waals surface area contributed by atoms with E-state index in [0.29, 0.717) is 22.8 Å². The summed E-state index contributed by atoms with van der Waals surface area (Å²) in [5.74, 6) is 0.791. The SMILES string of the molecule is CC(=Cc1ccc(OCc2ccccc2)cc1)C(=O)c1ccc(Cl)cc1. The van der Waals surface area contributed by atoms with Crippen LogP contribution in [0.5, 0.6) is 5.75 Å². The summed E-state index contributed by atoms with van der Waals surface area (Å²) in [4.78, 5) is 12.5. The number of ketones is 1. The molecule has 0 heterocycles. The Balaban J connectivity index is 1.65. The lowest BCUT2D eigenvalue weighted by atomic mass is 10.0. The van der Waals surface area contributed by atoms with Gasteiger partial charge in [-0.3, -0.25) is 4.79 Å². The van der Waals surface area contributed by atoms with E-state index in [1.165, 1.54) is 0 Å². The number of carbonyl (C=O) groups excluding carboxylic acids is 1. The Morgan fingerprint density at radius 3 is 2.23 bits per heavy atom. The van der Waals surface area contributed by atoms with Crippen LogP contribution < -0.4 is 4.74 Å². The van der Waals surface area contributed by atoms with Gasteiger partial charge in [0.2, 0.25) is 0 Å². The van der Waals surface area contributed by atoms with E-state index >= 15 is 0 Å². The molecular weight excluding hydrogens is 344 g/mol. The maximum Gasteiger partial charge on any atom is 0.188 e. The molecule has 3 aromatic rings. The van der Waals surface area contributed by atoms with Crippen molar-refractivity contribution in [3.05, 3.63) is 106 Å². The number of halogens is 1. The average molecular weight is 363 g/mol. The molecule has 3 aromatic carbocycles. The minimum Gasteiger partial charge on any atom is -0.489 e. The molecule has 3 heteroatoms. The average Bonchev–Trinajstić information content (AvgIpc) is 2.68. The second-order valence-corrected chi connectivity index (χ2v) is 6.44. The molecule has 2 nitrogen and oxygen atoms in total. The van der Waals surface area contributed by atoms with Crippen LogP contribution in [-0.2, 0) is 6.61 Å². The van der Waals surface area contributed by atoms with Gasteiger partial charge in [-0.1, -0.05) is 54.1 Å². The molecule has 0 aliphatic heterocycles. The van der Waals surface area contributed by atoms with Gasteiger partial charge in [0.05, 0.1) is 0 Å². The van der Waals surface area contributed by atoms with Gasteiger partial charge < -0.3 is 4.74 Å². The largest absolute Gasteiger partial charge is 0.489 e. The summed E-state index contributed by atoms with van der Waals surface area (Å²) in [6, 6.07) is 24.7. The van der Waals surface area contributed by atoms with E-state index in [4.69, 9.17) is 16.3 Å². The van der Waals surface area contributed by atoms with Gasteiger partial charge in [0.15, 0.2) is 5.78 Å². The summed E-state index contributed by atoms with van der Waals surface area (Å²) in [7, 11) is 0. The van der Waals surface area contributed by atoms with Crippen molar-refractivity contribution in [3.63, 3.8) is 0 Å². The number of rotatable bonds is 6. The number of allylic oxidation sites excluding steroid dienone is 1. The number of carbonyl (C=O) groups is 1. The van der Waals surface area contributed by atoms with Gasteiger partial charge in [-0.05, 0) is 66.1 Å². The first-order chi connectivity index (χ1) is 12.6. The Labute approximate surface area is 158 Å². The van der Waals surface area contributed by atoms with Crippen molar-refractivity contribution in [2.45, 2.75) is 13.5 Å².